The number of nitrogens with two attached hydrogens (primary N) is 2. The van der Waals surface area contributed by atoms with Crippen molar-refractivity contribution in [3.63, 3.8) is 0 Å². The van der Waals surface area contributed by atoms with E-state index in [0.717, 1.165) is 0 Å². The van der Waals surface area contributed by atoms with Crippen LogP contribution >= 0.6 is 0 Å². The number of hydrogen-bond acceptors (Lipinski definition) is 4. The first-order chi connectivity index (χ1) is 5.65. The topological polar surface area (TPSA) is 122 Å². The van der Waals surface area contributed by atoms with Crippen molar-refractivity contribution in [1.82, 2.24) is 15.9 Å². The van der Waals surface area contributed by atoms with Gasteiger partial charge in [-0.15, -0.1) is 6.42 Å². The number of anilines is 1. The van der Waals surface area contributed by atoms with Crippen molar-refractivity contribution in [3.05, 3.63) is 11.9 Å². The second-order valence-electron chi connectivity index (χ2n) is 2.20. The van der Waals surface area contributed by atoms with Crippen LogP contribution in [0.15, 0.2) is 6.20 Å². The predicted molar refractivity (Wildman–Crippen MR) is 49.0 cm³/mol. The second kappa shape index (κ2) is 4.13. The van der Waals surface area contributed by atoms with Gasteiger partial charge in [-0.25, -0.2) is 0 Å². The second-order valence-corrected chi connectivity index (χ2v) is 2.20. The van der Waals surface area contributed by atoms with Gasteiger partial charge in [0, 0.05) is 6.20 Å². The third-order valence-electron chi connectivity index (χ3n) is 1.28. The average Bonchev–Trinajstić information content (AvgIpc) is 2.32. The van der Waals surface area contributed by atoms with Crippen LogP contribution < -0.4 is 17.6 Å². The molecule has 0 bridgehead atoms. The molecule has 0 atom stereocenters. The van der Waals surface area contributed by atoms with Crippen molar-refractivity contribution in [3.8, 4) is 12.3 Å². The van der Waals surface area contributed by atoms with Gasteiger partial charge in [-0.3, -0.25) is 9.48 Å². The molecule has 0 aromatic carbocycles. The zero-order valence-electron chi connectivity index (χ0n) is 7.03. The Balaban J connectivity index is 0.00000144. The molecule has 7 N–H and O–H groups in total. The number of nitrogens with zero attached hydrogens (tertiary/aromatic N) is 2. The molecule has 0 aliphatic rings. The SMILES string of the molecule is C#CCn1cc(N)c(C(N)=O)n1.N. The number of carbonyl (C=O) groups excluding carboxylic acids is 1. The first kappa shape index (κ1) is 11.0. The van der Waals surface area contributed by atoms with E-state index < -0.39 is 5.91 Å². The Morgan fingerprint density at radius 3 is 2.77 bits per heavy atom. The van der Waals surface area contributed by atoms with E-state index in [1.165, 1.54) is 10.9 Å². The molecule has 6 nitrogen and oxygen atoms in total. The third-order valence-corrected chi connectivity index (χ3v) is 1.28. The van der Waals surface area contributed by atoms with Crippen molar-refractivity contribution in [2.45, 2.75) is 6.54 Å². The third kappa shape index (κ3) is 2.21. The molecular formula is C7H11N5O. The molecule has 0 spiro atoms. The predicted octanol–water partition coefficient (Wildman–Crippen LogP) is -0.641. The Kier molecular flexibility index (Phi) is 3.50. The molecule has 1 amide bonds. The molecule has 0 unspecified atom stereocenters. The molecule has 0 aliphatic heterocycles. The summed E-state index contributed by atoms with van der Waals surface area (Å²) in [6.07, 6.45) is 6.50. The summed E-state index contributed by atoms with van der Waals surface area (Å²) in [6.45, 7) is 0.275. The lowest BCUT2D eigenvalue weighted by Gasteiger charge is -1.89. The van der Waals surface area contributed by atoms with Gasteiger partial charge in [0.1, 0.15) is 6.54 Å². The number of terminal acetylenes is 1. The summed E-state index contributed by atoms with van der Waals surface area (Å²) in [6, 6.07) is 0. The Morgan fingerprint density at radius 2 is 2.38 bits per heavy atom. The molecule has 0 radical (unpaired) electrons. The van der Waals surface area contributed by atoms with E-state index in [9.17, 15) is 4.79 Å². The number of carbonyl (C=O) groups is 1. The minimum absolute atomic E-state index is 0. The van der Waals surface area contributed by atoms with Crippen LogP contribution in [0.3, 0.4) is 0 Å². The van der Waals surface area contributed by atoms with Crippen LogP contribution in [0.1, 0.15) is 10.5 Å². The molecule has 0 saturated carbocycles. The highest BCUT2D eigenvalue weighted by Gasteiger charge is 2.09. The zero-order valence-corrected chi connectivity index (χ0v) is 7.03. The number of nitrogen functional groups attached to an aromatic ring is 1. The highest BCUT2D eigenvalue weighted by Crippen LogP contribution is 2.06. The van der Waals surface area contributed by atoms with Crippen molar-refractivity contribution < 1.29 is 4.79 Å². The smallest absolute Gasteiger partial charge is 0.271 e. The normalized spacial score (nSPS) is 8.54. The Hall–Kier alpha value is -2.00. The first-order valence-corrected chi connectivity index (χ1v) is 3.21. The maximum atomic E-state index is 10.7. The van der Waals surface area contributed by atoms with Crippen LogP contribution in [0.2, 0.25) is 0 Å². The lowest BCUT2D eigenvalue weighted by Crippen LogP contribution is -2.14. The van der Waals surface area contributed by atoms with Crippen molar-refractivity contribution in [1.29, 1.82) is 0 Å². The molecule has 1 rings (SSSR count). The monoisotopic (exact) mass is 181 g/mol. The summed E-state index contributed by atoms with van der Waals surface area (Å²) < 4.78 is 1.38. The minimum atomic E-state index is -0.650. The molecule has 1 aromatic heterocycles. The van der Waals surface area contributed by atoms with Crippen LogP contribution in [0, 0.1) is 12.3 Å². The molecule has 1 heterocycles. The van der Waals surface area contributed by atoms with Crippen LogP contribution in [0.4, 0.5) is 5.69 Å². The summed E-state index contributed by atoms with van der Waals surface area (Å²) in [5.74, 6) is 1.71. The van der Waals surface area contributed by atoms with Crippen molar-refractivity contribution in [2.24, 2.45) is 5.73 Å². The lowest BCUT2D eigenvalue weighted by molar-refractivity contribution is 0.0995. The Bertz CT molecular complexity index is 348. The van der Waals surface area contributed by atoms with E-state index >= 15 is 0 Å². The van der Waals surface area contributed by atoms with Gasteiger partial charge in [-0.1, -0.05) is 5.92 Å². The summed E-state index contributed by atoms with van der Waals surface area (Å²) in [4.78, 5) is 10.7. The maximum Gasteiger partial charge on any atom is 0.271 e. The average molecular weight is 181 g/mol. The standard InChI is InChI=1S/C7H8N4O.H3N/c1-2-3-11-4-5(8)6(10-11)7(9)12;/h1,4H,3,8H2,(H2,9,12);1H3. The van der Waals surface area contributed by atoms with Gasteiger partial charge in [-0.2, -0.15) is 5.10 Å². The van der Waals surface area contributed by atoms with Crippen LogP contribution in [0.5, 0.6) is 0 Å². The van der Waals surface area contributed by atoms with Gasteiger partial charge in [0.15, 0.2) is 5.69 Å². The number of rotatable bonds is 2. The van der Waals surface area contributed by atoms with Gasteiger partial charge in [0.2, 0.25) is 0 Å². The Labute approximate surface area is 75.5 Å². The first-order valence-electron chi connectivity index (χ1n) is 3.21. The zero-order chi connectivity index (χ0) is 9.14. The van der Waals surface area contributed by atoms with E-state index in [2.05, 4.69) is 11.0 Å². The van der Waals surface area contributed by atoms with Crippen LogP contribution in [-0.2, 0) is 6.54 Å². The maximum absolute atomic E-state index is 10.7. The van der Waals surface area contributed by atoms with Gasteiger partial charge < -0.3 is 17.6 Å². The lowest BCUT2D eigenvalue weighted by atomic mass is 10.4. The number of amides is 1. The summed E-state index contributed by atoms with van der Waals surface area (Å²) in [5.41, 5.74) is 10.7. The molecule has 0 fully saturated rings. The summed E-state index contributed by atoms with van der Waals surface area (Å²) in [5, 5.41) is 3.77. The highest BCUT2D eigenvalue weighted by atomic mass is 16.1. The van der Waals surface area contributed by atoms with Crippen LogP contribution in [-0.4, -0.2) is 15.7 Å². The quantitative estimate of drug-likeness (QED) is 0.525. The minimum Gasteiger partial charge on any atom is -0.396 e. The fraction of sp³-hybridized carbons (Fsp3) is 0.143. The number of aromatic nitrogens is 2. The van der Waals surface area contributed by atoms with Gasteiger partial charge in [0.05, 0.1) is 5.69 Å². The molecule has 13 heavy (non-hydrogen) atoms. The van der Waals surface area contributed by atoms with Crippen molar-refractivity contribution in [2.75, 3.05) is 5.73 Å². The van der Waals surface area contributed by atoms with Crippen LogP contribution in [0.25, 0.3) is 0 Å². The molecule has 70 valence electrons. The number of hydrogen-bond donors (Lipinski definition) is 3. The summed E-state index contributed by atoms with van der Waals surface area (Å²) in [7, 11) is 0. The van der Waals surface area contributed by atoms with Crippen molar-refractivity contribution >= 4 is 11.6 Å². The van der Waals surface area contributed by atoms with E-state index in [-0.39, 0.29) is 24.1 Å². The molecule has 1 aromatic rings. The Morgan fingerprint density at radius 1 is 1.77 bits per heavy atom. The number of primary amides is 1. The highest BCUT2D eigenvalue weighted by molar-refractivity contribution is 5.95. The molecule has 6 heteroatoms. The van der Waals surface area contributed by atoms with E-state index in [4.69, 9.17) is 17.9 Å². The van der Waals surface area contributed by atoms with E-state index in [1.54, 1.807) is 0 Å². The van der Waals surface area contributed by atoms with Gasteiger partial charge >= 0.3 is 0 Å². The van der Waals surface area contributed by atoms with E-state index in [1.807, 2.05) is 0 Å². The molecule has 0 aliphatic carbocycles. The summed E-state index contributed by atoms with van der Waals surface area (Å²) >= 11 is 0. The molecular weight excluding hydrogens is 170 g/mol. The van der Waals surface area contributed by atoms with Gasteiger partial charge in [0.25, 0.3) is 5.91 Å². The fourth-order valence-corrected chi connectivity index (χ4v) is 0.803. The molecule has 0 saturated heterocycles. The van der Waals surface area contributed by atoms with E-state index in [0.29, 0.717) is 0 Å². The fourth-order valence-electron chi connectivity index (χ4n) is 0.803. The largest absolute Gasteiger partial charge is 0.396 e. The van der Waals surface area contributed by atoms with Gasteiger partial charge in [-0.05, 0) is 0 Å².